The van der Waals surface area contributed by atoms with E-state index >= 15 is 0 Å². The molecule has 0 aromatic rings. The molecule has 2 fully saturated rings. The normalized spacial score (nSPS) is 41.2. The highest BCUT2D eigenvalue weighted by atomic mass is 16.5. The van der Waals surface area contributed by atoms with Crippen LogP contribution >= 0.6 is 0 Å². The molecule has 2 aliphatic carbocycles. The van der Waals surface area contributed by atoms with E-state index in [1.807, 2.05) is 12.2 Å². The molecule has 0 spiro atoms. The van der Waals surface area contributed by atoms with Crippen LogP contribution in [0.3, 0.4) is 0 Å². The summed E-state index contributed by atoms with van der Waals surface area (Å²) in [6.45, 7) is 1.21. The highest BCUT2D eigenvalue weighted by Gasteiger charge is 2.51. The first kappa shape index (κ1) is 11.7. The third-order valence-electron chi connectivity index (χ3n) is 4.32. The van der Waals surface area contributed by atoms with Crippen molar-refractivity contribution < 1.29 is 19.4 Å². The minimum atomic E-state index is -0.852. The number of hydrogen-bond donors (Lipinski definition) is 2. The molecule has 0 aromatic heterocycles. The predicted octanol–water partition coefficient (Wildman–Crippen LogP) is 0.414. The number of fused-ring (bicyclic) bond motifs is 2. The molecule has 1 aliphatic heterocycles. The lowest BCUT2D eigenvalue weighted by atomic mass is 9.82. The fourth-order valence-corrected chi connectivity index (χ4v) is 3.46. The Morgan fingerprint density at radius 1 is 1.22 bits per heavy atom. The molecule has 0 radical (unpaired) electrons. The Balaban J connectivity index is 1.71. The van der Waals surface area contributed by atoms with Gasteiger partial charge in [0.2, 0.25) is 5.91 Å². The first-order valence-electron chi connectivity index (χ1n) is 6.46. The number of carboxylic acids is 1. The molecule has 2 bridgehead atoms. The molecule has 3 aliphatic rings. The quantitative estimate of drug-likeness (QED) is 0.713. The fraction of sp³-hybridized carbons (Fsp3) is 0.692. The van der Waals surface area contributed by atoms with Crippen LogP contribution in [0.15, 0.2) is 12.2 Å². The monoisotopic (exact) mass is 251 g/mol. The van der Waals surface area contributed by atoms with Gasteiger partial charge in [0, 0.05) is 6.61 Å². The average Bonchev–Trinajstić information content (AvgIpc) is 3.03. The summed E-state index contributed by atoms with van der Waals surface area (Å²) >= 11 is 0. The molecule has 5 atom stereocenters. The van der Waals surface area contributed by atoms with E-state index in [0.717, 1.165) is 12.8 Å². The number of hydrogen-bond acceptors (Lipinski definition) is 3. The van der Waals surface area contributed by atoms with Crippen LogP contribution in [0, 0.1) is 23.7 Å². The number of carbonyl (C=O) groups excluding carboxylic acids is 1. The molecule has 3 rings (SSSR count). The number of aliphatic carboxylic acids is 1. The summed E-state index contributed by atoms with van der Waals surface area (Å²) in [4.78, 5) is 23.5. The Bertz CT molecular complexity index is 400. The highest BCUT2D eigenvalue weighted by Crippen LogP contribution is 2.48. The second kappa shape index (κ2) is 4.39. The lowest BCUT2D eigenvalue weighted by molar-refractivity contribution is -0.148. The van der Waals surface area contributed by atoms with Gasteiger partial charge in [0.15, 0.2) is 0 Å². The molecule has 5 nitrogen and oxygen atoms in total. The van der Waals surface area contributed by atoms with Gasteiger partial charge in [-0.2, -0.15) is 0 Å². The van der Waals surface area contributed by atoms with Crippen molar-refractivity contribution in [3.8, 4) is 0 Å². The Morgan fingerprint density at radius 2 is 1.94 bits per heavy atom. The van der Waals surface area contributed by atoms with Crippen molar-refractivity contribution in [2.24, 2.45) is 23.7 Å². The number of ether oxygens (including phenoxy) is 1. The number of nitrogens with one attached hydrogen (secondary N) is 1. The van der Waals surface area contributed by atoms with E-state index in [1.165, 1.54) is 0 Å². The molecule has 1 heterocycles. The van der Waals surface area contributed by atoms with Crippen LogP contribution in [0.25, 0.3) is 0 Å². The maximum Gasteiger partial charge on any atom is 0.307 e. The second-order valence-corrected chi connectivity index (χ2v) is 5.41. The zero-order chi connectivity index (χ0) is 12.7. The van der Waals surface area contributed by atoms with Gasteiger partial charge in [-0.1, -0.05) is 12.2 Å². The minimum absolute atomic E-state index is 0.0306. The van der Waals surface area contributed by atoms with Crippen molar-refractivity contribution >= 4 is 11.9 Å². The standard InChI is InChI=1S/C13H17NO4/c15-12(14-9-3-4-18-6-9)10-7-1-2-8(5-7)11(10)13(16)17/h1-2,7-11H,3-6H2,(H,14,15)(H,16,17)/t7?,8?,9?,10-,11+/m0/s1. The second-order valence-electron chi connectivity index (χ2n) is 5.41. The van der Waals surface area contributed by atoms with E-state index in [2.05, 4.69) is 5.32 Å². The van der Waals surface area contributed by atoms with Crippen LogP contribution in [0.1, 0.15) is 12.8 Å². The van der Waals surface area contributed by atoms with E-state index in [0.29, 0.717) is 13.2 Å². The van der Waals surface area contributed by atoms with Gasteiger partial charge in [-0.3, -0.25) is 9.59 Å². The lowest BCUT2D eigenvalue weighted by Gasteiger charge is -2.25. The fourth-order valence-electron chi connectivity index (χ4n) is 3.46. The number of rotatable bonds is 3. The molecule has 18 heavy (non-hydrogen) atoms. The molecular weight excluding hydrogens is 234 g/mol. The van der Waals surface area contributed by atoms with Gasteiger partial charge in [0.25, 0.3) is 0 Å². The third kappa shape index (κ3) is 1.82. The van der Waals surface area contributed by atoms with Crippen molar-refractivity contribution in [3.05, 3.63) is 12.2 Å². The van der Waals surface area contributed by atoms with Crippen molar-refractivity contribution in [2.75, 3.05) is 13.2 Å². The summed E-state index contributed by atoms with van der Waals surface area (Å²) in [6.07, 6.45) is 5.57. The van der Waals surface area contributed by atoms with Crippen molar-refractivity contribution in [2.45, 2.75) is 18.9 Å². The summed E-state index contributed by atoms with van der Waals surface area (Å²) < 4.78 is 5.21. The summed E-state index contributed by atoms with van der Waals surface area (Å²) in [5, 5.41) is 12.2. The molecular formula is C13H17NO4. The van der Waals surface area contributed by atoms with Gasteiger partial charge in [-0.25, -0.2) is 0 Å². The molecule has 1 saturated carbocycles. The van der Waals surface area contributed by atoms with Crippen molar-refractivity contribution in [3.63, 3.8) is 0 Å². The Morgan fingerprint density at radius 3 is 2.56 bits per heavy atom. The molecule has 1 amide bonds. The lowest BCUT2D eigenvalue weighted by Crippen LogP contribution is -2.44. The van der Waals surface area contributed by atoms with Gasteiger partial charge >= 0.3 is 5.97 Å². The Labute approximate surface area is 105 Å². The number of allylic oxidation sites excluding steroid dienone is 2. The third-order valence-corrected chi connectivity index (χ3v) is 4.32. The minimum Gasteiger partial charge on any atom is -0.481 e. The predicted molar refractivity (Wildman–Crippen MR) is 62.7 cm³/mol. The molecule has 98 valence electrons. The molecule has 0 aromatic carbocycles. The smallest absolute Gasteiger partial charge is 0.307 e. The molecule has 3 unspecified atom stereocenters. The number of amides is 1. The first-order chi connectivity index (χ1) is 8.66. The van der Waals surface area contributed by atoms with Gasteiger partial charge in [0.05, 0.1) is 24.5 Å². The topological polar surface area (TPSA) is 75.6 Å². The number of carbonyl (C=O) groups is 2. The summed E-state index contributed by atoms with van der Waals surface area (Å²) in [7, 11) is 0. The maximum atomic E-state index is 12.2. The molecule has 5 heteroatoms. The van der Waals surface area contributed by atoms with Crippen LogP contribution in [0.5, 0.6) is 0 Å². The van der Waals surface area contributed by atoms with E-state index < -0.39 is 17.8 Å². The molecule has 1 saturated heterocycles. The zero-order valence-corrected chi connectivity index (χ0v) is 10.0. The van der Waals surface area contributed by atoms with Gasteiger partial charge < -0.3 is 15.2 Å². The van der Waals surface area contributed by atoms with E-state index in [1.54, 1.807) is 0 Å². The summed E-state index contributed by atoms with van der Waals surface area (Å²) in [5.74, 6) is -1.80. The summed E-state index contributed by atoms with van der Waals surface area (Å²) in [6, 6.07) is 0.0510. The van der Waals surface area contributed by atoms with Crippen LogP contribution in [0.2, 0.25) is 0 Å². The largest absolute Gasteiger partial charge is 0.481 e. The highest BCUT2D eigenvalue weighted by molar-refractivity contribution is 5.87. The van der Waals surface area contributed by atoms with E-state index in [-0.39, 0.29) is 23.8 Å². The van der Waals surface area contributed by atoms with Crippen LogP contribution in [0.4, 0.5) is 0 Å². The van der Waals surface area contributed by atoms with Crippen LogP contribution in [-0.4, -0.2) is 36.2 Å². The Hall–Kier alpha value is -1.36. The zero-order valence-electron chi connectivity index (χ0n) is 10.0. The summed E-state index contributed by atoms with van der Waals surface area (Å²) in [5.41, 5.74) is 0. The van der Waals surface area contributed by atoms with E-state index in [9.17, 15) is 14.7 Å². The van der Waals surface area contributed by atoms with Gasteiger partial charge in [-0.05, 0) is 24.7 Å². The maximum absolute atomic E-state index is 12.2. The number of carboxylic acid groups (broad SMARTS) is 1. The average molecular weight is 251 g/mol. The van der Waals surface area contributed by atoms with Crippen molar-refractivity contribution in [1.82, 2.24) is 5.32 Å². The van der Waals surface area contributed by atoms with Gasteiger partial charge in [-0.15, -0.1) is 0 Å². The van der Waals surface area contributed by atoms with E-state index in [4.69, 9.17) is 4.74 Å². The first-order valence-corrected chi connectivity index (χ1v) is 6.46. The van der Waals surface area contributed by atoms with Crippen molar-refractivity contribution in [1.29, 1.82) is 0 Å². The van der Waals surface area contributed by atoms with Crippen LogP contribution < -0.4 is 5.32 Å². The SMILES string of the molecule is O=C(O)[C@@H]1C2C=CC(C2)[C@@H]1C(=O)NC1CCOC1. The Kier molecular flexibility index (Phi) is 2.86. The van der Waals surface area contributed by atoms with Gasteiger partial charge in [0.1, 0.15) is 0 Å². The molecule has 2 N–H and O–H groups in total. The van der Waals surface area contributed by atoms with Crippen LogP contribution in [-0.2, 0) is 14.3 Å².